The average molecular weight is 275 g/mol. The second-order valence-electron chi connectivity index (χ2n) is 3.89. The van der Waals surface area contributed by atoms with Gasteiger partial charge in [0.15, 0.2) is 5.69 Å². The Kier molecular flexibility index (Phi) is 4.28. The normalized spacial score (nSPS) is 10.0. The molecule has 2 aromatic heterocycles. The van der Waals surface area contributed by atoms with E-state index in [4.69, 9.17) is 5.11 Å². The number of amides is 2. The number of urea groups is 1. The molecule has 8 nitrogen and oxygen atoms in total. The summed E-state index contributed by atoms with van der Waals surface area (Å²) in [6.07, 6.45) is 6.42. The lowest BCUT2D eigenvalue weighted by molar-refractivity contribution is 0.0692. The maximum Gasteiger partial charge on any atom is 0.356 e. The maximum absolute atomic E-state index is 11.6. The highest BCUT2D eigenvalue weighted by Gasteiger charge is 2.12. The Bertz CT molecular complexity index is 597. The van der Waals surface area contributed by atoms with Crippen LogP contribution in [0.1, 0.15) is 10.5 Å². The van der Waals surface area contributed by atoms with Crippen molar-refractivity contribution in [3.63, 3.8) is 0 Å². The number of carbonyl (C=O) groups excluding carboxylic acids is 1. The molecule has 0 bridgehead atoms. The molecular formula is C12H13N5O3. The topological polar surface area (TPSA) is 109 Å². The molecule has 0 unspecified atom stereocenters. The van der Waals surface area contributed by atoms with Crippen LogP contribution < -0.4 is 10.6 Å². The summed E-state index contributed by atoms with van der Waals surface area (Å²) in [5.41, 5.74) is -0.0441. The van der Waals surface area contributed by atoms with E-state index < -0.39 is 12.0 Å². The van der Waals surface area contributed by atoms with Gasteiger partial charge in [-0.15, -0.1) is 0 Å². The van der Waals surface area contributed by atoms with Crippen molar-refractivity contribution < 1.29 is 14.7 Å². The average Bonchev–Trinajstić information content (AvgIpc) is 2.92. The van der Waals surface area contributed by atoms with Crippen molar-refractivity contribution in [3.8, 4) is 0 Å². The van der Waals surface area contributed by atoms with Gasteiger partial charge in [0.1, 0.15) is 0 Å². The van der Waals surface area contributed by atoms with Crippen molar-refractivity contribution in [3.05, 3.63) is 42.7 Å². The van der Waals surface area contributed by atoms with Crippen molar-refractivity contribution in [2.75, 3.05) is 11.9 Å². The van der Waals surface area contributed by atoms with Gasteiger partial charge in [-0.25, -0.2) is 19.6 Å². The van der Waals surface area contributed by atoms with Crippen LogP contribution in [0.5, 0.6) is 0 Å². The van der Waals surface area contributed by atoms with E-state index in [1.54, 1.807) is 24.8 Å². The van der Waals surface area contributed by atoms with E-state index in [0.29, 0.717) is 13.1 Å². The Labute approximate surface area is 114 Å². The minimum Gasteiger partial charge on any atom is -0.476 e. The molecule has 0 saturated heterocycles. The zero-order valence-corrected chi connectivity index (χ0v) is 10.5. The number of nitrogens with zero attached hydrogens (tertiary/aromatic N) is 3. The summed E-state index contributed by atoms with van der Waals surface area (Å²) >= 11 is 0. The molecule has 0 fully saturated rings. The summed E-state index contributed by atoms with van der Waals surface area (Å²) in [6, 6.07) is 2.54. The second kappa shape index (κ2) is 6.32. The molecule has 8 heteroatoms. The first-order chi connectivity index (χ1) is 9.66. The van der Waals surface area contributed by atoms with Gasteiger partial charge in [0.05, 0.1) is 12.0 Å². The van der Waals surface area contributed by atoms with Crippen LogP contribution in [0.4, 0.5) is 10.5 Å². The summed E-state index contributed by atoms with van der Waals surface area (Å²) in [5, 5.41) is 14.0. The first-order valence-electron chi connectivity index (χ1n) is 5.85. The van der Waals surface area contributed by atoms with E-state index in [1.165, 1.54) is 12.3 Å². The Morgan fingerprint density at radius 3 is 2.90 bits per heavy atom. The van der Waals surface area contributed by atoms with Gasteiger partial charge in [-0.05, 0) is 12.1 Å². The Balaban J connectivity index is 1.87. The molecular weight excluding hydrogens is 262 g/mol. The van der Waals surface area contributed by atoms with E-state index in [-0.39, 0.29) is 11.4 Å². The number of imidazole rings is 1. The summed E-state index contributed by atoms with van der Waals surface area (Å²) in [5.74, 6) is -1.20. The number of carbonyl (C=O) groups is 2. The van der Waals surface area contributed by atoms with Crippen LogP contribution in [0.2, 0.25) is 0 Å². The Morgan fingerprint density at radius 2 is 2.20 bits per heavy atom. The first kappa shape index (κ1) is 13.5. The molecule has 2 heterocycles. The van der Waals surface area contributed by atoms with Crippen LogP contribution in [0.15, 0.2) is 37.1 Å². The van der Waals surface area contributed by atoms with Gasteiger partial charge in [0.2, 0.25) is 0 Å². The lowest BCUT2D eigenvalue weighted by atomic mass is 10.3. The van der Waals surface area contributed by atoms with Gasteiger partial charge < -0.3 is 20.3 Å². The van der Waals surface area contributed by atoms with Crippen LogP contribution in [0, 0.1) is 0 Å². The molecule has 2 aromatic rings. The first-order valence-corrected chi connectivity index (χ1v) is 5.85. The minimum absolute atomic E-state index is 0.153. The van der Waals surface area contributed by atoms with E-state index in [1.807, 2.05) is 4.57 Å². The molecule has 0 atom stereocenters. The monoisotopic (exact) mass is 275 g/mol. The number of carboxylic acid groups (broad SMARTS) is 1. The number of aromatic carboxylic acids is 1. The smallest absolute Gasteiger partial charge is 0.356 e. The highest BCUT2D eigenvalue weighted by molar-refractivity contribution is 5.98. The highest BCUT2D eigenvalue weighted by Crippen LogP contribution is 2.11. The summed E-state index contributed by atoms with van der Waals surface area (Å²) in [4.78, 5) is 30.2. The molecule has 104 valence electrons. The molecule has 2 amide bonds. The maximum atomic E-state index is 11.6. The van der Waals surface area contributed by atoms with Gasteiger partial charge in [0.25, 0.3) is 0 Å². The largest absolute Gasteiger partial charge is 0.476 e. The zero-order valence-electron chi connectivity index (χ0n) is 10.5. The molecule has 2 rings (SSSR count). The number of nitrogens with one attached hydrogen (secondary N) is 2. The van der Waals surface area contributed by atoms with Crippen molar-refractivity contribution in [1.29, 1.82) is 0 Å². The summed E-state index contributed by atoms with van der Waals surface area (Å²) in [6.45, 7) is 0.969. The lowest BCUT2D eigenvalue weighted by Gasteiger charge is -2.09. The van der Waals surface area contributed by atoms with Gasteiger partial charge in [0, 0.05) is 31.7 Å². The predicted octanol–water partition coefficient (Wildman–Crippen LogP) is 0.798. The molecule has 3 N–H and O–H groups in total. The van der Waals surface area contributed by atoms with Crippen molar-refractivity contribution in [1.82, 2.24) is 19.9 Å². The number of anilines is 1. The molecule has 0 aliphatic carbocycles. The number of hydrogen-bond acceptors (Lipinski definition) is 4. The summed E-state index contributed by atoms with van der Waals surface area (Å²) in [7, 11) is 0. The Morgan fingerprint density at radius 1 is 1.35 bits per heavy atom. The fourth-order valence-corrected chi connectivity index (χ4v) is 1.56. The van der Waals surface area contributed by atoms with E-state index in [0.717, 1.165) is 0 Å². The third-order valence-electron chi connectivity index (χ3n) is 2.47. The fraction of sp³-hybridized carbons (Fsp3) is 0.167. The summed E-state index contributed by atoms with van der Waals surface area (Å²) < 4.78 is 1.81. The number of aromatic nitrogens is 3. The Hall–Kier alpha value is -2.90. The van der Waals surface area contributed by atoms with Crippen molar-refractivity contribution >= 4 is 17.7 Å². The van der Waals surface area contributed by atoms with Gasteiger partial charge in [-0.1, -0.05) is 0 Å². The van der Waals surface area contributed by atoms with Crippen molar-refractivity contribution in [2.45, 2.75) is 6.54 Å². The van der Waals surface area contributed by atoms with Crippen LogP contribution in [-0.2, 0) is 6.54 Å². The molecule has 0 saturated carbocycles. The van der Waals surface area contributed by atoms with Crippen LogP contribution >= 0.6 is 0 Å². The minimum atomic E-state index is -1.20. The van der Waals surface area contributed by atoms with E-state index in [9.17, 15) is 9.59 Å². The van der Waals surface area contributed by atoms with Gasteiger partial charge in [-0.2, -0.15) is 0 Å². The van der Waals surface area contributed by atoms with Crippen LogP contribution in [0.25, 0.3) is 0 Å². The molecule has 0 aromatic carbocycles. The lowest BCUT2D eigenvalue weighted by Crippen LogP contribution is -2.32. The van der Waals surface area contributed by atoms with E-state index >= 15 is 0 Å². The SMILES string of the molecule is O=C(NCCn1ccnc1)Nc1cccnc1C(=O)O. The van der Waals surface area contributed by atoms with Crippen molar-refractivity contribution in [2.24, 2.45) is 0 Å². The number of hydrogen-bond donors (Lipinski definition) is 3. The molecule has 0 spiro atoms. The molecule has 20 heavy (non-hydrogen) atoms. The quantitative estimate of drug-likeness (QED) is 0.747. The second-order valence-corrected chi connectivity index (χ2v) is 3.89. The standard InChI is InChI=1S/C12H13N5O3/c18-11(19)10-9(2-1-3-14-10)16-12(20)15-5-7-17-6-4-13-8-17/h1-4,6,8H,5,7H2,(H,18,19)(H2,15,16,20). The van der Waals surface area contributed by atoms with Gasteiger partial charge >= 0.3 is 12.0 Å². The number of rotatable bonds is 5. The molecule has 0 radical (unpaired) electrons. The highest BCUT2D eigenvalue weighted by atomic mass is 16.4. The predicted molar refractivity (Wildman–Crippen MR) is 70.4 cm³/mol. The van der Waals surface area contributed by atoms with Crippen LogP contribution in [-0.4, -0.2) is 38.2 Å². The number of pyridine rings is 1. The fourth-order valence-electron chi connectivity index (χ4n) is 1.56. The molecule has 0 aliphatic rings. The number of carboxylic acids is 1. The molecule has 0 aliphatic heterocycles. The van der Waals surface area contributed by atoms with E-state index in [2.05, 4.69) is 20.6 Å². The third kappa shape index (κ3) is 3.55. The zero-order chi connectivity index (χ0) is 14.4. The third-order valence-corrected chi connectivity index (χ3v) is 2.47. The van der Waals surface area contributed by atoms with Gasteiger partial charge in [-0.3, -0.25) is 0 Å². The van der Waals surface area contributed by atoms with Crippen LogP contribution in [0.3, 0.4) is 0 Å².